The molecule has 1 rings (SSSR count). The van der Waals surface area contributed by atoms with Crippen molar-refractivity contribution in [3.63, 3.8) is 0 Å². The standard InChI is InChI=1S/C8H18N2.C2H2O4.Pt/c1-9-7-5-3-4-6-8(7)10-2;3-1(4)2(5)6;/h7-10H,3-6H2,1-2H3;(H,3,4)(H,5,6);/t7-,8-;;/m1../s1. The van der Waals surface area contributed by atoms with Gasteiger partial charge in [0.2, 0.25) is 0 Å². The van der Waals surface area contributed by atoms with Crippen molar-refractivity contribution in [1.29, 1.82) is 0 Å². The van der Waals surface area contributed by atoms with Gasteiger partial charge < -0.3 is 20.8 Å². The van der Waals surface area contributed by atoms with E-state index < -0.39 is 11.9 Å². The molecule has 0 saturated heterocycles. The second-order valence-electron chi connectivity index (χ2n) is 3.69. The van der Waals surface area contributed by atoms with Crippen molar-refractivity contribution in [2.24, 2.45) is 0 Å². The van der Waals surface area contributed by atoms with Crippen LogP contribution >= 0.6 is 0 Å². The Kier molecular flexibility index (Phi) is 11.9. The third-order valence-electron chi connectivity index (χ3n) is 2.69. The van der Waals surface area contributed by atoms with Crippen LogP contribution in [0.15, 0.2) is 0 Å². The van der Waals surface area contributed by atoms with E-state index in [9.17, 15) is 0 Å². The first-order chi connectivity index (χ1) is 7.52. The molecule has 2 atom stereocenters. The molecule has 104 valence electrons. The number of hydrogen-bond acceptors (Lipinski definition) is 4. The second-order valence-corrected chi connectivity index (χ2v) is 3.69. The summed E-state index contributed by atoms with van der Waals surface area (Å²) in [7, 11) is 4.11. The molecule has 0 amide bonds. The Labute approximate surface area is 115 Å². The van der Waals surface area contributed by atoms with Gasteiger partial charge in [-0.2, -0.15) is 0 Å². The second kappa shape index (κ2) is 10.7. The van der Waals surface area contributed by atoms with Crippen LogP contribution in [0.4, 0.5) is 0 Å². The molecule has 6 nitrogen and oxygen atoms in total. The van der Waals surface area contributed by atoms with E-state index in [1.165, 1.54) is 25.7 Å². The van der Waals surface area contributed by atoms with Gasteiger partial charge in [-0.25, -0.2) is 9.59 Å². The monoisotopic (exact) mass is 427 g/mol. The van der Waals surface area contributed by atoms with E-state index in [2.05, 4.69) is 24.7 Å². The summed E-state index contributed by atoms with van der Waals surface area (Å²) in [5, 5.41) is 21.5. The van der Waals surface area contributed by atoms with E-state index >= 15 is 0 Å². The van der Waals surface area contributed by atoms with Crippen molar-refractivity contribution in [2.45, 2.75) is 37.8 Å². The minimum atomic E-state index is -1.82. The fourth-order valence-corrected chi connectivity index (χ4v) is 1.82. The van der Waals surface area contributed by atoms with Crippen molar-refractivity contribution in [2.75, 3.05) is 14.1 Å². The smallest absolute Gasteiger partial charge is 0.414 e. The number of hydrogen-bond donors (Lipinski definition) is 4. The first-order valence-electron chi connectivity index (χ1n) is 5.33. The van der Waals surface area contributed by atoms with Gasteiger partial charge in [0.05, 0.1) is 0 Å². The molecule has 0 bridgehead atoms. The summed E-state index contributed by atoms with van der Waals surface area (Å²) < 4.78 is 0. The molecule has 0 radical (unpaired) electrons. The summed E-state index contributed by atoms with van der Waals surface area (Å²) in [6.07, 6.45) is 5.46. The number of carbonyl (C=O) groups is 2. The van der Waals surface area contributed by atoms with Crippen molar-refractivity contribution in [3.8, 4) is 0 Å². The van der Waals surface area contributed by atoms with Crippen molar-refractivity contribution in [3.05, 3.63) is 0 Å². The van der Waals surface area contributed by atoms with Gasteiger partial charge in [0, 0.05) is 33.1 Å². The molecular weight excluding hydrogens is 407 g/mol. The van der Waals surface area contributed by atoms with Gasteiger partial charge in [0.15, 0.2) is 0 Å². The Balaban J connectivity index is 0. The zero-order valence-corrected chi connectivity index (χ0v) is 12.3. The van der Waals surface area contributed by atoms with Crippen LogP contribution in [-0.2, 0) is 30.7 Å². The SMILES string of the molecule is CN[C@@H]1CCCC[C@H]1NC.O=C(O)C(=O)O.[Pt]. The first-order valence-corrected chi connectivity index (χ1v) is 5.33. The molecule has 0 unspecified atom stereocenters. The molecular formula is C10H20N2O4Pt. The maximum absolute atomic E-state index is 9.10. The first kappa shape index (κ1) is 18.9. The zero-order valence-electron chi connectivity index (χ0n) is 10.0. The van der Waals surface area contributed by atoms with Gasteiger partial charge in [0.1, 0.15) is 0 Å². The minimum Gasteiger partial charge on any atom is -0.473 e. The third-order valence-corrected chi connectivity index (χ3v) is 2.69. The number of likely N-dealkylation sites (N-methyl/N-ethyl adjacent to an activating group) is 2. The van der Waals surface area contributed by atoms with Gasteiger partial charge in [-0.3, -0.25) is 0 Å². The van der Waals surface area contributed by atoms with Crippen LogP contribution in [0.25, 0.3) is 0 Å². The third kappa shape index (κ3) is 8.30. The molecule has 0 aromatic heterocycles. The van der Waals surface area contributed by atoms with Gasteiger partial charge in [-0.1, -0.05) is 12.8 Å². The van der Waals surface area contributed by atoms with Crippen molar-refractivity contribution < 1.29 is 40.9 Å². The number of carboxylic acids is 2. The summed E-state index contributed by atoms with van der Waals surface area (Å²) in [6.45, 7) is 0. The number of aliphatic carboxylic acids is 2. The van der Waals surface area contributed by atoms with Crippen LogP contribution in [0, 0.1) is 0 Å². The quantitative estimate of drug-likeness (QED) is 0.459. The Morgan fingerprint density at radius 2 is 1.24 bits per heavy atom. The molecule has 1 saturated carbocycles. The van der Waals surface area contributed by atoms with E-state index in [-0.39, 0.29) is 21.1 Å². The van der Waals surface area contributed by atoms with E-state index in [0.29, 0.717) is 12.1 Å². The van der Waals surface area contributed by atoms with Crippen molar-refractivity contribution >= 4 is 11.9 Å². The van der Waals surface area contributed by atoms with Gasteiger partial charge in [-0.15, -0.1) is 0 Å². The molecule has 0 spiro atoms. The van der Waals surface area contributed by atoms with Crippen LogP contribution in [0.2, 0.25) is 0 Å². The maximum atomic E-state index is 9.10. The van der Waals surface area contributed by atoms with E-state index in [1.807, 2.05) is 0 Å². The maximum Gasteiger partial charge on any atom is 0.414 e. The van der Waals surface area contributed by atoms with Crippen LogP contribution < -0.4 is 10.6 Å². The summed E-state index contributed by atoms with van der Waals surface area (Å²) in [5.74, 6) is -3.65. The van der Waals surface area contributed by atoms with Gasteiger partial charge >= 0.3 is 11.9 Å². The van der Waals surface area contributed by atoms with Gasteiger partial charge in [-0.05, 0) is 26.9 Å². The normalized spacial score (nSPS) is 22.7. The molecule has 17 heavy (non-hydrogen) atoms. The Hall–Kier alpha value is -0.452. The molecule has 1 aliphatic rings. The molecule has 0 aromatic carbocycles. The summed E-state index contributed by atoms with van der Waals surface area (Å²) >= 11 is 0. The molecule has 0 aliphatic heterocycles. The summed E-state index contributed by atoms with van der Waals surface area (Å²) in [5.41, 5.74) is 0. The molecule has 4 N–H and O–H groups in total. The van der Waals surface area contributed by atoms with Crippen LogP contribution in [-0.4, -0.2) is 48.3 Å². The molecule has 7 heteroatoms. The number of carboxylic acid groups (broad SMARTS) is 2. The molecule has 1 fully saturated rings. The van der Waals surface area contributed by atoms with E-state index in [4.69, 9.17) is 19.8 Å². The molecule has 0 heterocycles. The predicted molar refractivity (Wildman–Crippen MR) is 59.4 cm³/mol. The zero-order chi connectivity index (χ0) is 12.6. The molecule has 0 aromatic rings. The number of rotatable bonds is 2. The fraction of sp³-hybridized carbons (Fsp3) is 0.800. The summed E-state index contributed by atoms with van der Waals surface area (Å²) in [6, 6.07) is 1.41. The fourth-order valence-electron chi connectivity index (χ4n) is 1.82. The Morgan fingerprint density at radius 1 is 0.941 bits per heavy atom. The van der Waals surface area contributed by atoms with E-state index in [1.54, 1.807) is 0 Å². The van der Waals surface area contributed by atoms with Crippen LogP contribution in [0.3, 0.4) is 0 Å². The molecule has 1 aliphatic carbocycles. The number of nitrogens with one attached hydrogen (secondary N) is 2. The topological polar surface area (TPSA) is 98.7 Å². The average Bonchev–Trinajstić information content (AvgIpc) is 2.29. The minimum absolute atomic E-state index is 0. The summed E-state index contributed by atoms with van der Waals surface area (Å²) in [4.78, 5) is 18.2. The van der Waals surface area contributed by atoms with E-state index in [0.717, 1.165) is 0 Å². The Morgan fingerprint density at radius 3 is 1.41 bits per heavy atom. The van der Waals surface area contributed by atoms with Gasteiger partial charge in [0.25, 0.3) is 0 Å². The Bertz CT molecular complexity index is 214. The van der Waals surface area contributed by atoms with Crippen LogP contribution in [0.5, 0.6) is 0 Å². The predicted octanol–water partition coefficient (Wildman–Crippen LogP) is -0.110. The van der Waals surface area contributed by atoms with Crippen molar-refractivity contribution in [1.82, 2.24) is 10.6 Å². The van der Waals surface area contributed by atoms with Crippen LogP contribution in [0.1, 0.15) is 25.7 Å². The average molecular weight is 427 g/mol. The largest absolute Gasteiger partial charge is 0.473 e.